The monoisotopic (exact) mass is 315 g/mol. The number of carbonyl (C=O) groups is 1. The Morgan fingerprint density at radius 1 is 1.56 bits per heavy atom. The van der Waals surface area contributed by atoms with E-state index in [4.69, 9.17) is 4.84 Å². The van der Waals surface area contributed by atoms with Crippen LogP contribution in [-0.4, -0.2) is 12.5 Å². The van der Waals surface area contributed by atoms with Crippen LogP contribution >= 0.6 is 15.9 Å². The van der Waals surface area contributed by atoms with Crippen LogP contribution in [0.1, 0.15) is 19.4 Å². The molecule has 1 aromatic rings. The molecular weight excluding hydrogens is 301 g/mol. The molecule has 1 aromatic carbocycles. The Morgan fingerprint density at radius 3 is 2.94 bits per heavy atom. The van der Waals surface area contributed by atoms with Gasteiger partial charge in [-0.2, -0.15) is 0 Å². The van der Waals surface area contributed by atoms with Gasteiger partial charge in [0.05, 0.1) is 6.61 Å². The van der Waals surface area contributed by atoms with Crippen molar-refractivity contribution in [3.8, 4) is 0 Å². The molecule has 0 unspecified atom stereocenters. The maximum Gasteiger partial charge on any atom is 0.267 e. The van der Waals surface area contributed by atoms with Crippen molar-refractivity contribution < 1.29 is 14.0 Å². The lowest BCUT2D eigenvalue weighted by Gasteiger charge is -2.05. The van der Waals surface area contributed by atoms with Crippen LogP contribution < -0.4 is 5.48 Å². The average Bonchev–Trinajstić information content (AvgIpc) is 2.30. The SMILES string of the molecule is CC(C)CONC(=O)/C=C/c1cc(Br)ccc1F. The second-order valence-corrected chi connectivity index (χ2v) is 5.09. The summed E-state index contributed by atoms with van der Waals surface area (Å²) in [5.74, 6) is -0.475. The third-order valence-corrected chi connectivity index (χ3v) is 2.45. The molecule has 3 nitrogen and oxygen atoms in total. The van der Waals surface area contributed by atoms with Gasteiger partial charge in [-0.05, 0) is 30.2 Å². The number of halogens is 2. The van der Waals surface area contributed by atoms with Gasteiger partial charge in [0.1, 0.15) is 5.82 Å². The van der Waals surface area contributed by atoms with E-state index in [-0.39, 0.29) is 5.82 Å². The molecule has 0 aromatic heterocycles. The normalized spacial score (nSPS) is 11.2. The Morgan fingerprint density at radius 2 is 2.28 bits per heavy atom. The van der Waals surface area contributed by atoms with E-state index < -0.39 is 5.91 Å². The molecule has 0 aliphatic heterocycles. The van der Waals surface area contributed by atoms with Gasteiger partial charge >= 0.3 is 0 Å². The predicted molar refractivity (Wildman–Crippen MR) is 72.1 cm³/mol. The highest BCUT2D eigenvalue weighted by Gasteiger charge is 2.01. The maximum atomic E-state index is 13.3. The van der Waals surface area contributed by atoms with Gasteiger partial charge in [0.2, 0.25) is 0 Å². The maximum absolute atomic E-state index is 13.3. The molecule has 98 valence electrons. The first-order chi connectivity index (χ1) is 8.49. The van der Waals surface area contributed by atoms with E-state index in [1.54, 1.807) is 12.1 Å². The molecule has 0 bridgehead atoms. The minimum absolute atomic E-state index is 0.330. The van der Waals surface area contributed by atoms with Crippen molar-refractivity contribution in [3.63, 3.8) is 0 Å². The second-order valence-electron chi connectivity index (χ2n) is 4.17. The fourth-order valence-corrected chi connectivity index (χ4v) is 1.50. The molecule has 5 heteroatoms. The van der Waals surface area contributed by atoms with Crippen molar-refractivity contribution in [2.24, 2.45) is 5.92 Å². The van der Waals surface area contributed by atoms with Crippen molar-refractivity contribution in [2.45, 2.75) is 13.8 Å². The third-order valence-electron chi connectivity index (χ3n) is 1.96. The number of hydrogen-bond donors (Lipinski definition) is 1. The van der Waals surface area contributed by atoms with Gasteiger partial charge in [-0.3, -0.25) is 9.63 Å². The van der Waals surface area contributed by atoms with Gasteiger partial charge in [0.25, 0.3) is 5.91 Å². The lowest BCUT2D eigenvalue weighted by molar-refractivity contribution is -0.129. The molecule has 0 aliphatic rings. The van der Waals surface area contributed by atoms with Crippen LogP contribution in [0.4, 0.5) is 4.39 Å². The van der Waals surface area contributed by atoms with Crippen molar-refractivity contribution >= 4 is 27.9 Å². The summed E-state index contributed by atoms with van der Waals surface area (Å²) in [6.07, 6.45) is 2.62. The molecule has 1 amide bonds. The van der Waals surface area contributed by atoms with E-state index in [1.807, 2.05) is 13.8 Å². The second kappa shape index (κ2) is 7.28. The van der Waals surface area contributed by atoms with Gasteiger partial charge in [-0.25, -0.2) is 9.87 Å². The zero-order valence-corrected chi connectivity index (χ0v) is 11.8. The summed E-state index contributed by atoms with van der Waals surface area (Å²) in [5, 5.41) is 0. The Bertz CT molecular complexity index is 447. The molecule has 0 heterocycles. The van der Waals surface area contributed by atoms with Crippen LogP contribution in [-0.2, 0) is 9.63 Å². The lowest BCUT2D eigenvalue weighted by atomic mass is 10.2. The van der Waals surface area contributed by atoms with E-state index >= 15 is 0 Å². The van der Waals surface area contributed by atoms with Crippen LogP contribution in [0, 0.1) is 11.7 Å². The molecule has 18 heavy (non-hydrogen) atoms. The summed E-state index contributed by atoms with van der Waals surface area (Å²) in [7, 11) is 0. The largest absolute Gasteiger partial charge is 0.273 e. The number of hydroxylamine groups is 1. The first kappa shape index (κ1) is 14.9. The Kier molecular flexibility index (Phi) is 6.01. The molecule has 0 fully saturated rings. The minimum atomic E-state index is -0.421. The number of hydrogen-bond acceptors (Lipinski definition) is 2. The molecule has 1 N–H and O–H groups in total. The predicted octanol–water partition coefficient (Wildman–Crippen LogP) is 3.31. The van der Waals surface area contributed by atoms with Gasteiger partial charge in [0, 0.05) is 16.1 Å². The highest BCUT2D eigenvalue weighted by Crippen LogP contribution is 2.16. The van der Waals surface area contributed by atoms with Gasteiger partial charge in [-0.15, -0.1) is 0 Å². The Hall–Kier alpha value is -1.20. The first-order valence-electron chi connectivity index (χ1n) is 5.54. The van der Waals surface area contributed by atoms with Crippen molar-refractivity contribution in [2.75, 3.05) is 6.61 Å². The van der Waals surface area contributed by atoms with Crippen LogP contribution in [0.5, 0.6) is 0 Å². The van der Waals surface area contributed by atoms with Crippen molar-refractivity contribution in [3.05, 3.63) is 40.1 Å². The van der Waals surface area contributed by atoms with Crippen LogP contribution in [0.3, 0.4) is 0 Å². The highest BCUT2D eigenvalue weighted by atomic mass is 79.9. The quantitative estimate of drug-likeness (QED) is 0.668. The number of amides is 1. The summed E-state index contributed by atoms with van der Waals surface area (Å²) >= 11 is 3.24. The molecule has 0 radical (unpaired) electrons. The van der Waals surface area contributed by atoms with Crippen LogP contribution in [0.25, 0.3) is 6.08 Å². The fourth-order valence-electron chi connectivity index (χ4n) is 1.12. The molecule has 0 aliphatic carbocycles. The van der Waals surface area contributed by atoms with Crippen molar-refractivity contribution in [1.29, 1.82) is 0 Å². The summed E-state index contributed by atoms with van der Waals surface area (Å²) < 4.78 is 14.1. The van der Waals surface area contributed by atoms with E-state index in [9.17, 15) is 9.18 Å². The smallest absolute Gasteiger partial charge is 0.267 e. The van der Waals surface area contributed by atoms with Gasteiger partial charge < -0.3 is 0 Å². The molecule has 0 saturated heterocycles. The standard InChI is InChI=1S/C13H15BrFNO2/c1-9(2)8-18-16-13(17)6-3-10-7-11(14)4-5-12(10)15/h3-7,9H,8H2,1-2H3,(H,16,17)/b6-3+. The zero-order chi connectivity index (χ0) is 13.5. The molecule has 0 atom stereocenters. The number of rotatable bonds is 5. The first-order valence-corrected chi connectivity index (χ1v) is 6.33. The molecule has 1 rings (SSSR count). The summed E-state index contributed by atoms with van der Waals surface area (Å²) in [6, 6.07) is 4.52. The van der Waals surface area contributed by atoms with E-state index in [0.29, 0.717) is 18.1 Å². The lowest BCUT2D eigenvalue weighted by Crippen LogP contribution is -2.23. The minimum Gasteiger partial charge on any atom is -0.273 e. The number of nitrogens with one attached hydrogen (secondary N) is 1. The third kappa shape index (κ3) is 5.42. The van der Waals surface area contributed by atoms with E-state index in [0.717, 1.165) is 4.47 Å². The van der Waals surface area contributed by atoms with Gasteiger partial charge in [-0.1, -0.05) is 29.8 Å². The molecular formula is C13H15BrFNO2. The van der Waals surface area contributed by atoms with Crippen molar-refractivity contribution in [1.82, 2.24) is 5.48 Å². The van der Waals surface area contributed by atoms with Crippen LogP contribution in [0.2, 0.25) is 0 Å². The number of carbonyl (C=O) groups excluding carboxylic acids is 1. The zero-order valence-electron chi connectivity index (χ0n) is 10.2. The number of benzene rings is 1. The fraction of sp³-hybridized carbons (Fsp3) is 0.308. The molecule has 0 saturated carbocycles. The Labute approximate surface area is 114 Å². The summed E-state index contributed by atoms with van der Waals surface area (Å²) in [6.45, 7) is 4.38. The summed E-state index contributed by atoms with van der Waals surface area (Å²) in [5.41, 5.74) is 2.59. The highest BCUT2D eigenvalue weighted by molar-refractivity contribution is 9.10. The summed E-state index contributed by atoms with van der Waals surface area (Å²) in [4.78, 5) is 16.3. The van der Waals surface area contributed by atoms with E-state index in [2.05, 4.69) is 21.4 Å². The molecule has 0 spiro atoms. The van der Waals surface area contributed by atoms with E-state index in [1.165, 1.54) is 18.2 Å². The Balaban J connectivity index is 2.53. The van der Waals surface area contributed by atoms with Crippen LogP contribution in [0.15, 0.2) is 28.7 Å². The van der Waals surface area contributed by atoms with Gasteiger partial charge in [0.15, 0.2) is 0 Å². The topological polar surface area (TPSA) is 38.3 Å². The average molecular weight is 316 g/mol.